The normalized spacial score (nSPS) is 11.0. The van der Waals surface area contributed by atoms with Crippen LogP contribution < -0.4 is 15.6 Å². The second-order valence-corrected chi connectivity index (χ2v) is 9.94. The van der Waals surface area contributed by atoms with Crippen LogP contribution in [0.15, 0.2) is 52.4 Å². The molecular weight excluding hydrogens is 488 g/mol. The number of thioether (sulfide) groups is 1. The summed E-state index contributed by atoms with van der Waals surface area (Å²) >= 11 is 2.56. The molecule has 0 saturated heterocycles. The lowest BCUT2D eigenvalue weighted by Crippen LogP contribution is -2.23. The second-order valence-electron chi connectivity index (χ2n) is 7.79. The Balaban J connectivity index is 1.68. The summed E-state index contributed by atoms with van der Waals surface area (Å²) in [7, 11) is 1.56. The summed E-state index contributed by atoms with van der Waals surface area (Å²) in [5, 5.41) is 14.7. The highest BCUT2D eigenvalue weighted by atomic mass is 32.2. The number of nitrogens with one attached hydrogen (secondary N) is 1. The molecule has 0 spiro atoms. The smallest absolute Gasteiger partial charge is 0.271 e. The van der Waals surface area contributed by atoms with Gasteiger partial charge in [-0.15, -0.1) is 11.3 Å². The van der Waals surface area contributed by atoms with E-state index in [1.165, 1.54) is 28.0 Å². The van der Waals surface area contributed by atoms with Gasteiger partial charge in [-0.3, -0.25) is 24.3 Å². The van der Waals surface area contributed by atoms with Gasteiger partial charge in [0.25, 0.3) is 11.2 Å². The molecule has 1 N–H and O–H groups in total. The number of hydrogen-bond acceptors (Lipinski definition) is 8. The predicted molar refractivity (Wildman–Crippen MR) is 138 cm³/mol. The van der Waals surface area contributed by atoms with Crippen LogP contribution in [0.3, 0.4) is 0 Å². The Morgan fingerprint density at radius 2 is 1.91 bits per heavy atom. The van der Waals surface area contributed by atoms with Crippen LogP contribution in [0.2, 0.25) is 0 Å². The zero-order chi connectivity index (χ0) is 25.3. The van der Waals surface area contributed by atoms with E-state index in [4.69, 9.17) is 9.72 Å². The Morgan fingerprint density at radius 3 is 2.57 bits per heavy atom. The van der Waals surface area contributed by atoms with Crippen molar-refractivity contribution in [3.8, 4) is 11.4 Å². The van der Waals surface area contributed by atoms with Crippen molar-refractivity contribution >= 4 is 50.6 Å². The van der Waals surface area contributed by atoms with Gasteiger partial charge < -0.3 is 10.1 Å². The maximum Gasteiger partial charge on any atom is 0.271 e. The number of nitrogens with zero attached hydrogens (tertiary/aromatic N) is 3. The molecule has 11 heteroatoms. The highest BCUT2D eigenvalue weighted by Gasteiger charge is 2.19. The lowest BCUT2D eigenvalue weighted by atomic mass is 10.2. The van der Waals surface area contributed by atoms with Crippen molar-refractivity contribution < 1.29 is 14.5 Å². The van der Waals surface area contributed by atoms with Crippen LogP contribution >= 0.6 is 23.1 Å². The van der Waals surface area contributed by atoms with Crippen LogP contribution in [0.4, 0.5) is 11.4 Å². The minimum atomic E-state index is -0.512. The standard InChI is InChI=1S/C24H22N4O5S2/c1-13-5-6-17(28(31)32)11-19(13)25-20(29)12-34-24-26-22-21(14(2)15(3)35-22)23(30)27(24)16-7-9-18(33-4)10-8-16/h5-11H,12H2,1-4H3,(H,25,29). The Labute approximate surface area is 208 Å². The highest BCUT2D eigenvalue weighted by molar-refractivity contribution is 7.99. The summed E-state index contributed by atoms with van der Waals surface area (Å²) in [6, 6.07) is 11.3. The van der Waals surface area contributed by atoms with Crippen LogP contribution in [0.1, 0.15) is 16.0 Å². The number of nitro benzene ring substituents is 1. The molecule has 0 aliphatic carbocycles. The molecule has 0 aliphatic rings. The van der Waals surface area contributed by atoms with E-state index in [0.717, 1.165) is 22.2 Å². The number of benzene rings is 2. The van der Waals surface area contributed by atoms with Crippen LogP contribution in [0.5, 0.6) is 5.75 Å². The first-order chi connectivity index (χ1) is 16.7. The quantitative estimate of drug-likeness (QED) is 0.161. The number of carbonyl (C=O) groups excluding carboxylic acids is 1. The topological polar surface area (TPSA) is 116 Å². The molecule has 0 unspecified atom stereocenters. The fourth-order valence-electron chi connectivity index (χ4n) is 3.51. The van der Waals surface area contributed by atoms with E-state index in [1.54, 1.807) is 44.4 Å². The molecule has 4 aromatic rings. The number of amides is 1. The maximum atomic E-state index is 13.5. The number of fused-ring (bicyclic) bond motifs is 1. The van der Waals surface area contributed by atoms with Gasteiger partial charge in [-0.2, -0.15) is 0 Å². The first-order valence-corrected chi connectivity index (χ1v) is 12.3. The van der Waals surface area contributed by atoms with Crippen molar-refractivity contribution in [2.24, 2.45) is 0 Å². The lowest BCUT2D eigenvalue weighted by Gasteiger charge is -2.13. The van der Waals surface area contributed by atoms with Gasteiger partial charge in [-0.1, -0.05) is 17.8 Å². The third kappa shape index (κ3) is 4.91. The molecule has 0 fully saturated rings. The average Bonchev–Trinajstić information content (AvgIpc) is 3.12. The molecule has 2 heterocycles. The number of methoxy groups -OCH3 is 1. The fourth-order valence-corrected chi connectivity index (χ4v) is 5.39. The minimum Gasteiger partial charge on any atom is -0.497 e. The van der Waals surface area contributed by atoms with E-state index < -0.39 is 4.92 Å². The maximum absolute atomic E-state index is 13.5. The lowest BCUT2D eigenvalue weighted by molar-refractivity contribution is -0.384. The zero-order valence-corrected chi connectivity index (χ0v) is 21.1. The third-order valence-corrected chi connectivity index (χ3v) is 7.58. The predicted octanol–water partition coefficient (Wildman–Crippen LogP) is 5.02. The zero-order valence-electron chi connectivity index (χ0n) is 19.4. The molecular formula is C24H22N4O5S2. The van der Waals surface area contributed by atoms with Gasteiger partial charge in [-0.05, 0) is 56.2 Å². The number of aromatic nitrogens is 2. The number of carbonyl (C=O) groups is 1. The van der Waals surface area contributed by atoms with Gasteiger partial charge in [0, 0.05) is 17.0 Å². The van der Waals surface area contributed by atoms with Gasteiger partial charge in [0.2, 0.25) is 5.91 Å². The number of nitro groups is 1. The molecule has 9 nitrogen and oxygen atoms in total. The summed E-state index contributed by atoms with van der Waals surface area (Å²) in [5.41, 5.74) is 2.24. The van der Waals surface area contributed by atoms with E-state index in [2.05, 4.69) is 5.32 Å². The summed E-state index contributed by atoms with van der Waals surface area (Å²) in [6.45, 7) is 5.60. The fraction of sp³-hybridized carbons (Fsp3) is 0.208. The van der Waals surface area contributed by atoms with E-state index >= 15 is 0 Å². The van der Waals surface area contributed by atoms with Gasteiger partial charge in [-0.25, -0.2) is 4.98 Å². The van der Waals surface area contributed by atoms with Crippen molar-refractivity contribution in [1.82, 2.24) is 9.55 Å². The largest absolute Gasteiger partial charge is 0.497 e. The monoisotopic (exact) mass is 510 g/mol. The van der Waals surface area contributed by atoms with Gasteiger partial charge in [0.15, 0.2) is 5.16 Å². The Morgan fingerprint density at radius 1 is 1.20 bits per heavy atom. The number of non-ortho nitro benzene ring substituents is 1. The van der Waals surface area contributed by atoms with E-state index in [0.29, 0.717) is 38.1 Å². The van der Waals surface area contributed by atoms with Gasteiger partial charge in [0.05, 0.1) is 34.5 Å². The minimum absolute atomic E-state index is 0.0421. The van der Waals surface area contributed by atoms with E-state index in [9.17, 15) is 19.7 Å². The summed E-state index contributed by atoms with van der Waals surface area (Å²) < 4.78 is 6.72. The van der Waals surface area contributed by atoms with Gasteiger partial charge >= 0.3 is 0 Å². The molecule has 0 atom stereocenters. The van der Waals surface area contributed by atoms with Crippen molar-refractivity contribution in [2.75, 3.05) is 18.2 Å². The van der Waals surface area contributed by atoms with Gasteiger partial charge in [0.1, 0.15) is 10.6 Å². The number of ether oxygens (including phenoxy) is 1. The van der Waals surface area contributed by atoms with Crippen LogP contribution in [-0.4, -0.2) is 33.2 Å². The Bertz CT molecular complexity index is 1510. The van der Waals surface area contributed by atoms with Crippen molar-refractivity contribution in [3.05, 3.63) is 78.9 Å². The molecule has 0 bridgehead atoms. The number of anilines is 1. The average molecular weight is 511 g/mol. The molecule has 2 aromatic heterocycles. The molecule has 35 heavy (non-hydrogen) atoms. The third-order valence-electron chi connectivity index (χ3n) is 5.54. The number of aryl methyl sites for hydroxylation is 3. The first-order valence-electron chi connectivity index (χ1n) is 10.5. The SMILES string of the molecule is COc1ccc(-n2c(SCC(=O)Nc3cc([N+](=O)[O-])ccc3C)nc3sc(C)c(C)c3c2=O)cc1. The molecule has 4 rings (SSSR count). The van der Waals surface area contributed by atoms with Crippen LogP contribution in [0.25, 0.3) is 15.9 Å². The molecule has 0 radical (unpaired) electrons. The van der Waals surface area contributed by atoms with Crippen LogP contribution in [-0.2, 0) is 4.79 Å². The highest BCUT2D eigenvalue weighted by Crippen LogP contribution is 2.30. The van der Waals surface area contributed by atoms with Crippen molar-refractivity contribution in [3.63, 3.8) is 0 Å². The summed E-state index contributed by atoms with van der Waals surface area (Å²) in [5.74, 6) is 0.242. The van der Waals surface area contributed by atoms with Crippen LogP contribution in [0, 0.1) is 30.9 Å². The Hall–Kier alpha value is -3.70. The Kier molecular flexibility index (Phi) is 6.90. The number of hydrogen-bond donors (Lipinski definition) is 1. The summed E-state index contributed by atoms with van der Waals surface area (Å²) in [4.78, 5) is 43.2. The van der Waals surface area contributed by atoms with Crippen molar-refractivity contribution in [2.45, 2.75) is 25.9 Å². The number of rotatable bonds is 7. The molecule has 180 valence electrons. The van der Waals surface area contributed by atoms with Crippen molar-refractivity contribution in [1.29, 1.82) is 0 Å². The summed E-state index contributed by atoms with van der Waals surface area (Å²) in [6.07, 6.45) is 0. The second kappa shape index (κ2) is 9.88. The van der Waals surface area contributed by atoms with E-state index in [1.807, 2.05) is 13.8 Å². The number of thiophene rings is 1. The molecule has 0 saturated carbocycles. The first kappa shape index (κ1) is 24.4. The molecule has 2 aromatic carbocycles. The molecule has 1 amide bonds. The molecule has 0 aliphatic heterocycles. The van der Waals surface area contributed by atoms with E-state index in [-0.39, 0.29) is 22.9 Å².